The molecule has 5 nitrogen and oxygen atoms in total. The quantitative estimate of drug-likeness (QED) is 0.570. The van der Waals surface area contributed by atoms with E-state index < -0.39 is 5.91 Å². The number of nitrogens with two attached hydrogens (primary N) is 2. The van der Waals surface area contributed by atoms with Gasteiger partial charge in [-0.2, -0.15) is 0 Å². The van der Waals surface area contributed by atoms with Crippen LogP contribution in [0.2, 0.25) is 0 Å². The predicted octanol–water partition coefficient (Wildman–Crippen LogP) is 2.80. The number of oxazole rings is 1. The molecule has 0 bridgehead atoms. The highest BCUT2D eigenvalue weighted by atomic mass is 32.2. The number of hydrogen-bond acceptors (Lipinski definition) is 5. The average Bonchev–Trinajstić information content (AvgIpc) is 2.87. The zero-order valence-electron chi connectivity index (χ0n) is 11.1. The third-order valence-corrected chi connectivity index (χ3v) is 3.87. The second kappa shape index (κ2) is 5.49. The molecule has 0 saturated heterocycles. The van der Waals surface area contributed by atoms with Crippen molar-refractivity contribution in [2.24, 2.45) is 5.73 Å². The number of carbonyl (C=O) groups is 1. The van der Waals surface area contributed by atoms with E-state index in [4.69, 9.17) is 15.9 Å². The van der Waals surface area contributed by atoms with Crippen LogP contribution < -0.4 is 11.5 Å². The number of benzene rings is 2. The summed E-state index contributed by atoms with van der Waals surface area (Å²) >= 11 is 1.45. The van der Waals surface area contributed by atoms with Gasteiger partial charge in [0, 0.05) is 23.1 Å². The van der Waals surface area contributed by atoms with Crippen molar-refractivity contribution in [3.63, 3.8) is 0 Å². The van der Waals surface area contributed by atoms with Gasteiger partial charge in [0.2, 0.25) is 5.91 Å². The summed E-state index contributed by atoms with van der Waals surface area (Å²) in [6, 6.07) is 12.6. The third kappa shape index (κ3) is 3.00. The highest BCUT2D eigenvalue weighted by molar-refractivity contribution is 7.98. The zero-order chi connectivity index (χ0) is 14.8. The second-order valence-corrected chi connectivity index (χ2v) is 5.49. The van der Waals surface area contributed by atoms with E-state index in [0.29, 0.717) is 27.8 Å². The fourth-order valence-electron chi connectivity index (χ4n) is 1.94. The lowest BCUT2D eigenvalue weighted by Gasteiger charge is -2.00. The van der Waals surface area contributed by atoms with E-state index in [1.807, 2.05) is 18.2 Å². The number of primary amides is 1. The molecule has 6 heteroatoms. The molecule has 4 N–H and O–H groups in total. The number of rotatable bonds is 4. The SMILES string of the molecule is NC(=O)c1cccc(CSc2nc3ccc(N)cc3o2)c1. The average molecular weight is 299 g/mol. The summed E-state index contributed by atoms with van der Waals surface area (Å²) in [4.78, 5) is 15.5. The van der Waals surface area contributed by atoms with Crippen molar-refractivity contribution in [2.45, 2.75) is 11.0 Å². The Morgan fingerprint density at radius 3 is 2.90 bits per heavy atom. The molecule has 0 fully saturated rings. The summed E-state index contributed by atoms with van der Waals surface area (Å²) in [7, 11) is 0. The standard InChI is InChI=1S/C15H13N3O2S/c16-11-4-5-12-13(7-11)20-15(18-12)21-8-9-2-1-3-10(6-9)14(17)19/h1-7H,8,16H2,(H2,17,19). The Kier molecular flexibility index (Phi) is 3.53. The van der Waals surface area contributed by atoms with Gasteiger partial charge in [-0.05, 0) is 29.8 Å². The van der Waals surface area contributed by atoms with Crippen molar-refractivity contribution >= 4 is 34.5 Å². The number of aromatic nitrogens is 1. The van der Waals surface area contributed by atoms with Crippen LogP contribution in [0, 0.1) is 0 Å². The molecular formula is C15H13N3O2S. The molecule has 1 aromatic heterocycles. The van der Waals surface area contributed by atoms with E-state index in [-0.39, 0.29) is 0 Å². The van der Waals surface area contributed by atoms with Gasteiger partial charge >= 0.3 is 0 Å². The summed E-state index contributed by atoms with van der Waals surface area (Å²) in [5, 5.41) is 0.570. The lowest BCUT2D eigenvalue weighted by Crippen LogP contribution is -2.10. The molecular weight excluding hydrogens is 286 g/mol. The first-order chi connectivity index (χ1) is 10.1. The van der Waals surface area contributed by atoms with Crippen LogP contribution in [0.4, 0.5) is 5.69 Å². The number of carbonyl (C=O) groups excluding carboxylic acids is 1. The highest BCUT2D eigenvalue weighted by Gasteiger charge is 2.08. The number of hydrogen-bond donors (Lipinski definition) is 2. The van der Waals surface area contributed by atoms with Crippen molar-refractivity contribution in [1.82, 2.24) is 4.98 Å². The summed E-state index contributed by atoms with van der Waals surface area (Å²) in [5.74, 6) is 0.211. The van der Waals surface area contributed by atoms with Crippen LogP contribution in [0.25, 0.3) is 11.1 Å². The maximum Gasteiger partial charge on any atom is 0.257 e. The van der Waals surface area contributed by atoms with Gasteiger partial charge in [0.25, 0.3) is 5.22 Å². The van der Waals surface area contributed by atoms with Crippen molar-refractivity contribution in [3.05, 3.63) is 53.6 Å². The third-order valence-electron chi connectivity index (χ3n) is 2.97. The Labute approximate surface area is 125 Å². The molecule has 0 unspecified atom stereocenters. The predicted molar refractivity (Wildman–Crippen MR) is 82.9 cm³/mol. The Morgan fingerprint density at radius 2 is 2.10 bits per heavy atom. The van der Waals surface area contributed by atoms with E-state index >= 15 is 0 Å². The Balaban J connectivity index is 1.77. The Hall–Kier alpha value is -2.47. The first kappa shape index (κ1) is 13.5. The molecule has 0 aliphatic heterocycles. The lowest BCUT2D eigenvalue weighted by molar-refractivity contribution is 0.1000. The molecule has 0 aliphatic rings. The first-order valence-electron chi connectivity index (χ1n) is 6.29. The minimum absolute atomic E-state index is 0.431. The molecule has 0 radical (unpaired) electrons. The van der Waals surface area contributed by atoms with Crippen LogP contribution >= 0.6 is 11.8 Å². The van der Waals surface area contributed by atoms with Crippen molar-refractivity contribution < 1.29 is 9.21 Å². The van der Waals surface area contributed by atoms with Gasteiger partial charge in [0.05, 0.1) is 0 Å². The van der Waals surface area contributed by atoms with Gasteiger partial charge in [-0.3, -0.25) is 4.79 Å². The summed E-state index contributed by atoms with van der Waals surface area (Å²) < 4.78 is 5.63. The molecule has 0 atom stereocenters. The Morgan fingerprint density at radius 1 is 1.24 bits per heavy atom. The zero-order valence-corrected chi connectivity index (χ0v) is 11.9. The van der Waals surface area contributed by atoms with Gasteiger partial charge in [0.1, 0.15) is 5.52 Å². The van der Waals surface area contributed by atoms with E-state index in [9.17, 15) is 4.79 Å². The van der Waals surface area contributed by atoms with Gasteiger partial charge in [-0.15, -0.1) is 0 Å². The van der Waals surface area contributed by atoms with Crippen LogP contribution in [0.15, 0.2) is 52.1 Å². The molecule has 21 heavy (non-hydrogen) atoms. The normalized spacial score (nSPS) is 10.9. The van der Waals surface area contributed by atoms with Crippen molar-refractivity contribution in [1.29, 1.82) is 0 Å². The van der Waals surface area contributed by atoms with Gasteiger partial charge in [0.15, 0.2) is 5.58 Å². The minimum Gasteiger partial charge on any atom is -0.431 e. The Bertz CT molecular complexity index is 814. The number of nitrogen functional groups attached to an aromatic ring is 1. The monoisotopic (exact) mass is 299 g/mol. The lowest BCUT2D eigenvalue weighted by atomic mass is 10.1. The fraction of sp³-hybridized carbons (Fsp3) is 0.0667. The topological polar surface area (TPSA) is 95.1 Å². The van der Waals surface area contributed by atoms with Crippen LogP contribution in [0.1, 0.15) is 15.9 Å². The highest BCUT2D eigenvalue weighted by Crippen LogP contribution is 2.27. The van der Waals surface area contributed by atoms with Crippen molar-refractivity contribution in [2.75, 3.05) is 5.73 Å². The van der Waals surface area contributed by atoms with E-state index in [1.54, 1.807) is 24.3 Å². The molecule has 0 aliphatic carbocycles. The molecule has 1 heterocycles. The molecule has 2 aromatic carbocycles. The number of nitrogens with zero attached hydrogens (tertiary/aromatic N) is 1. The number of anilines is 1. The summed E-state index contributed by atoms with van der Waals surface area (Å²) in [5.41, 5.74) is 14.5. The van der Waals surface area contributed by atoms with Gasteiger partial charge in [-0.1, -0.05) is 23.9 Å². The van der Waals surface area contributed by atoms with E-state index in [0.717, 1.165) is 11.1 Å². The number of thioether (sulfide) groups is 1. The number of fused-ring (bicyclic) bond motifs is 1. The maximum atomic E-state index is 11.1. The number of amides is 1. The van der Waals surface area contributed by atoms with Crippen LogP contribution in [0.3, 0.4) is 0 Å². The van der Waals surface area contributed by atoms with E-state index in [1.165, 1.54) is 11.8 Å². The maximum absolute atomic E-state index is 11.1. The van der Waals surface area contributed by atoms with Gasteiger partial charge in [-0.25, -0.2) is 4.98 Å². The second-order valence-electron chi connectivity index (χ2n) is 4.56. The van der Waals surface area contributed by atoms with Crippen molar-refractivity contribution in [3.8, 4) is 0 Å². The van der Waals surface area contributed by atoms with Crippen LogP contribution in [0.5, 0.6) is 0 Å². The molecule has 106 valence electrons. The van der Waals surface area contributed by atoms with Crippen LogP contribution in [-0.2, 0) is 5.75 Å². The minimum atomic E-state index is -0.431. The molecule has 1 amide bonds. The first-order valence-corrected chi connectivity index (χ1v) is 7.28. The smallest absolute Gasteiger partial charge is 0.257 e. The van der Waals surface area contributed by atoms with Crippen LogP contribution in [-0.4, -0.2) is 10.9 Å². The molecule has 0 saturated carbocycles. The van der Waals surface area contributed by atoms with E-state index in [2.05, 4.69) is 4.98 Å². The molecule has 3 rings (SSSR count). The summed E-state index contributed by atoms with van der Waals surface area (Å²) in [6.07, 6.45) is 0. The largest absolute Gasteiger partial charge is 0.431 e. The summed E-state index contributed by atoms with van der Waals surface area (Å²) in [6.45, 7) is 0. The molecule has 3 aromatic rings. The molecule has 0 spiro atoms. The van der Waals surface area contributed by atoms with Gasteiger partial charge < -0.3 is 15.9 Å². The fourth-order valence-corrected chi connectivity index (χ4v) is 2.72.